The van der Waals surface area contributed by atoms with E-state index < -0.39 is 0 Å². The lowest BCUT2D eigenvalue weighted by atomic mass is 9.97. The second-order valence-corrected chi connectivity index (χ2v) is 12.5. The van der Waals surface area contributed by atoms with Crippen molar-refractivity contribution in [3.63, 3.8) is 0 Å². The van der Waals surface area contributed by atoms with Gasteiger partial charge in [0.1, 0.15) is 16.7 Å². The van der Waals surface area contributed by atoms with Gasteiger partial charge in [-0.2, -0.15) is 0 Å². The van der Waals surface area contributed by atoms with Gasteiger partial charge < -0.3 is 13.7 Å². The lowest BCUT2D eigenvalue weighted by Gasteiger charge is -2.27. The zero-order valence-electron chi connectivity index (χ0n) is 26.5. The van der Waals surface area contributed by atoms with Crippen LogP contribution in [0.5, 0.6) is 0 Å². The van der Waals surface area contributed by atoms with Crippen LogP contribution in [0.4, 0.5) is 17.1 Å². The highest BCUT2D eigenvalue weighted by atomic mass is 16.3. The molecule has 0 aliphatic rings. The highest BCUT2D eigenvalue weighted by Gasteiger charge is 2.25. The zero-order chi connectivity index (χ0) is 32.3. The number of furan rings is 2. The number of hydrogen-bond acceptors (Lipinski definition) is 3. The predicted molar refractivity (Wildman–Crippen MR) is 204 cm³/mol. The van der Waals surface area contributed by atoms with Crippen LogP contribution >= 0.6 is 0 Å². The van der Waals surface area contributed by atoms with Gasteiger partial charge >= 0.3 is 0 Å². The molecule has 3 nitrogen and oxygen atoms in total. The Hall–Kier alpha value is -6.58. The monoisotopic (exact) mass is 627 g/mol. The van der Waals surface area contributed by atoms with Gasteiger partial charge in [0.25, 0.3) is 0 Å². The summed E-state index contributed by atoms with van der Waals surface area (Å²) in [5.41, 5.74) is 11.0. The van der Waals surface area contributed by atoms with Crippen LogP contribution in [0.3, 0.4) is 0 Å². The summed E-state index contributed by atoms with van der Waals surface area (Å²) in [6.07, 6.45) is 0. The third-order valence-corrected chi connectivity index (χ3v) is 9.68. The number of hydrogen-bond donors (Lipinski definition) is 0. The first-order chi connectivity index (χ1) is 24.3. The van der Waals surface area contributed by atoms with E-state index in [9.17, 15) is 0 Å². The summed E-state index contributed by atoms with van der Waals surface area (Å²) in [6.45, 7) is 0. The van der Waals surface area contributed by atoms with Crippen molar-refractivity contribution >= 4 is 71.7 Å². The van der Waals surface area contributed by atoms with Crippen molar-refractivity contribution in [2.75, 3.05) is 4.90 Å². The van der Waals surface area contributed by atoms with E-state index in [4.69, 9.17) is 8.83 Å². The molecule has 0 saturated heterocycles. The molecule has 2 heterocycles. The van der Waals surface area contributed by atoms with Crippen molar-refractivity contribution in [2.24, 2.45) is 0 Å². The van der Waals surface area contributed by atoms with E-state index in [1.54, 1.807) is 0 Å². The molecular formula is C46H29NO2. The van der Waals surface area contributed by atoms with Crippen LogP contribution in [0.25, 0.3) is 76.9 Å². The molecule has 0 unspecified atom stereocenters. The van der Waals surface area contributed by atoms with Gasteiger partial charge in [-0.3, -0.25) is 0 Å². The van der Waals surface area contributed by atoms with Crippen molar-refractivity contribution in [2.45, 2.75) is 0 Å². The minimum atomic E-state index is 0.843. The lowest BCUT2D eigenvalue weighted by Crippen LogP contribution is -2.10. The summed E-state index contributed by atoms with van der Waals surface area (Å²) in [4.78, 5) is 2.33. The van der Waals surface area contributed by atoms with E-state index in [-0.39, 0.29) is 0 Å². The van der Waals surface area contributed by atoms with Gasteiger partial charge in [-0.05, 0) is 69.9 Å². The van der Waals surface area contributed by atoms with Crippen molar-refractivity contribution in [3.05, 3.63) is 176 Å². The highest BCUT2D eigenvalue weighted by Crippen LogP contribution is 2.48. The second-order valence-electron chi connectivity index (χ2n) is 12.5. The Kier molecular flexibility index (Phi) is 6.18. The standard InChI is InChI=1S/C46H29NO2/c1-2-12-31(13-3-1)36-28-29-40(44-39-18-7-9-23-43(39)49-46(36)44)47(41-21-11-20-38-37-17-6-8-22-42(37)48-45(38)41)33-26-24-32(25-27-33)35-19-10-15-30-14-4-5-16-34(30)35/h1-29H. The van der Waals surface area contributed by atoms with E-state index in [1.807, 2.05) is 24.3 Å². The van der Waals surface area contributed by atoms with E-state index >= 15 is 0 Å². The Balaban J connectivity index is 1.25. The zero-order valence-corrected chi connectivity index (χ0v) is 26.5. The van der Waals surface area contributed by atoms with Gasteiger partial charge in [0.15, 0.2) is 5.58 Å². The van der Waals surface area contributed by atoms with Crippen LogP contribution in [0.1, 0.15) is 0 Å². The van der Waals surface area contributed by atoms with Gasteiger partial charge in [0.05, 0.1) is 16.8 Å². The molecule has 0 amide bonds. The molecule has 3 heteroatoms. The molecule has 10 aromatic rings. The molecule has 0 fully saturated rings. The number of fused-ring (bicyclic) bond motifs is 7. The molecule has 0 N–H and O–H groups in total. The molecule has 8 aromatic carbocycles. The molecule has 2 aromatic heterocycles. The van der Waals surface area contributed by atoms with Crippen LogP contribution in [0.2, 0.25) is 0 Å². The number of rotatable bonds is 5. The Morgan fingerprint density at radius 3 is 1.80 bits per heavy atom. The summed E-state index contributed by atoms with van der Waals surface area (Å²) < 4.78 is 13.4. The maximum Gasteiger partial charge on any atom is 0.159 e. The van der Waals surface area contributed by atoms with E-state index in [2.05, 4.69) is 157 Å². The summed E-state index contributed by atoms with van der Waals surface area (Å²) in [7, 11) is 0. The molecule has 0 atom stereocenters. The van der Waals surface area contributed by atoms with Crippen molar-refractivity contribution in [1.29, 1.82) is 0 Å². The lowest BCUT2D eigenvalue weighted by molar-refractivity contribution is 0.668. The third-order valence-electron chi connectivity index (χ3n) is 9.68. The topological polar surface area (TPSA) is 29.5 Å². The first-order valence-electron chi connectivity index (χ1n) is 16.6. The van der Waals surface area contributed by atoms with E-state index in [1.165, 1.54) is 21.9 Å². The van der Waals surface area contributed by atoms with Crippen LogP contribution < -0.4 is 4.90 Å². The molecule has 230 valence electrons. The third kappa shape index (κ3) is 4.37. The first kappa shape index (κ1) is 27.5. The molecule has 0 aliphatic heterocycles. The van der Waals surface area contributed by atoms with Gasteiger partial charge in [0, 0.05) is 27.4 Å². The average molecular weight is 628 g/mol. The van der Waals surface area contributed by atoms with E-state index in [0.29, 0.717) is 0 Å². The summed E-state index contributed by atoms with van der Waals surface area (Å²) in [5.74, 6) is 0. The van der Waals surface area contributed by atoms with Gasteiger partial charge in [0.2, 0.25) is 0 Å². The number of anilines is 3. The smallest absolute Gasteiger partial charge is 0.159 e. The average Bonchev–Trinajstić information content (AvgIpc) is 3.75. The fraction of sp³-hybridized carbons (Fsp3) is 0. The largest absolute Gasteiger partial charge is 0.455 e. The Bertz CT molecular complexity index is 2820. The molecule has 0 bridgehead atoms. The van der Waals surface area contributed by atoms with Gasteiger partial charge in [-0.1, -0.05) is 133 Å². The van der Waals surface area contributed by atoms with Crippen LogP contribution in [-0.2, 0) is 0 Å². The summed E-state index contributed by atoms with van der Waals surface area (Å²) >= 11 is 0. The molecular weight excluding hydrogens is 599 g/mol. The summed E-state index contributed by atoms with van der Waals surface area (Å²) in [5, 5.41) is 6.78. The maximum atomic E-state index is 6.70. The fourth-order valence-electron chi connectivity index (χ4n) is 7.43. The van der Waals surface area contributed by atoms with Gasteiger partial charge in [-0.15, -0.1) is 0 Å². The normalized spacial score (nSPS) is 11.7. The number of benzene rings is 8. The van der Waals surface area contributed by atoms with Crippen molar-refractivity contribution in [1.82, 2.24) is 0 Å². The van der Waals surface area contributed by atoms with Crippen LogP contribution in [0, 0.1) is 0 Å². The Morgan fingerprint density at radius 2 is 0.959 bits per heavy atom. The predicted octanol–water partition coefficient (Wildman–Crippen LogP) is 13.4. The molecule has 0 aliphatic carbocycles. The SMILES string of the molecule is c1ccc(-c2ccc(N(c3ccc(-c4cccc5ccccc45)cc3)c3cccc4c3oc3ccccc34)c3c2oc2ccccc23)cc1. The summed E-state index contributed by atoms with van der Waals surface area (Å²) in [6, 6.07) is 61.9. The van der Waals surface area contributed by atoms with E-state index in [0.717, 1.165) is 72.1 Å². The minimum absolute atomic E-state index is 0.843. The molecule has 0 saturated carbocycles. The van der Waals surface area contributed by atoms with Crippen LogP contribution in [-0.4, -0.2) is 0 Å². The first-order valence-corrected chi connectivity index (χ1v) is 16.6. The highest BCUT2D eigenvalue weighted by molar-refractivity contribution is 6.18. The number of nitrogens with zero attached hydrogens (tertiary/aromatic N) is 1. The molecule has 0 spiro atoms. The van der Waals surface area contributed by atoms with Gasteiger partial charge in [-0.25, -0.2) is 0 Å². The maximum absolute atomic E-state index is 6.70. The second kappa shape index (κ2) is 11.0. The fourth-order valence-corrected chi connectivity index (χ4v) is 7.43. The molecule has 49 heavy (non-hydrogen) atoms. The van der Waals surface area contributed by atoms with Crippen LogP contribution in [0.15, 0.2) is 185 Å². The quantitative estimate of drug-likeness (QED) is 0.190. The number of para-hydroxylation sites is 3. The van der Waals surface area contributed by atoms with Crippen molar-refractivity contribution in [3.8, 4) is 22.3 Å². The minimum Gasteiger partial charge on any atom is -0.455 e. The Morgan fingerprint density at radius 1 is 0.347 bits per heavy atom. The Labute approximate surface area is 282 Å². The molecule has 0 radical (unpaired) electrons. The molecule has 10 rings (SSSR count). The van der Waals surface area contributed by atoms with Crippen molar-refractivity contribution < 1.29 is 8.83 Å².